The van der Waals surface area contributed by atoms with Crippen LogP contribution in [0.5, 0.6) is 0 Å². The fourth-order valence-corrected chi connectivity index (χ4v) is 2.32. The molecule has 1 aromatic carbocycles. The third-order valence-corrected chi connectivity index (χ3v) is 3.39. The molecule has 1 aromatic rings. The number of rotatable bonds is 2. The third-order valence-electron chi connectivity index (χ3n) is 3.17. The molecule has 1 heterocycles. The number of hydrogen-bond acceptors (Lipinski definition) is 4. The van der Waals surface area contributed by atoms with Gasteiger partial charge < -0.3 is 10.6 Å². The van der Waals surface area contributed by atoms with E-state index in [9.17, 15) is 14.9 Å². The van der Waals surface area contributed by atoms with E-state index in [1.165, 1.54) is 18.2 Å². The second kappa shape index (κ2) is 5.54. The van der Waals surface area contributed by atoms with Gasteiger partial charge in [-0.1, -0.05) is 11.6 Å². The Morgan fingerprint density at radius 3 is 2.58 bits per heavy atom. The number of nitro benzene ring substituents is 1. The predicted molar refractivity (Wildman–Crippen MR) is 71.2 cm³/mol. The van der Waals surface area contributed by atoms with Crippen molar-refractivity contribution in [3.8, 4) is 0 Å². The quantitative estimate of drug-likeness (QED) is 0.662. The van der Waals surface area contributed by atoms with Gasteiger partial charge in [-0.3, -0.25) is 14.9 Å². The number of carbonyl (C=O) groups is 1. The largest absolute Gasteiger partial charge is 0.339 e. The first-order valence-corrected chi connectivity index (χ1v) is 6.35. The van der Waals surface area contributed by atoms with E-state index in [1.807, 2.05) is 0 Å². The lowest BCUT2D eigenvalue weighted by Gasteiger charge is -2.30. The van der Waals surface area contributed by atoms with Gasteiger partial charge in [-0.05, 0) is 18.9 Å². The molecule has 1 aliphatic heterocycles. The smallest absolute Gasteiger partial charge is 0.271 e. The van der Waals surface area contributed by atoms with E-state index in [1.54, 1.807) is 4.90 Å². The maximum absolute atomic E-state index is 12.2. The first-order chi connectivity index (χ1) is 8.97. The molecule has 102 valence electrons. The van der Waals surface area contributed by atoms with Crippen LogP contribution in [0.15, 0.2) is 18.2 Å². The summed E-state index contributed by atoms with van der Waals surface area (Å²) in [6.45, 7) is 1.14. The molecule has 1 saturated heterocycles. The topological polar surface area (TPSA) is 89.5 Å². The monoisotopic (exact) mass is 283 g/mol. The fraction of sp³-hybridized carbons (Fsp3) is 0.417. The lowest BCUT2D eigenvalue weighted by molar-refractivity contribution is -0.384. The van der Waals surface area contributed by atoms with Crippen LogP contribution in [-0.4, -0.2) is 34.9 Å². The van der Waals surface area contributed by atoms with Gasteiger partial charge in [0.15, 0.2) is 0 Å². The number of nitro groups is 1. The fourth-order valence-electron chi connectivity index (χ4n) is 2.09. The number of nitrogens with zero attached hydrogens (tertiary/aromatic N) is 2. The Kier molecular flexibility index (Phi) is 4.01. The predicted octanol–water partition coefficient (Wildman–Crippen LogP) is 1.81. The van der Waals surface area contributed by atoms with Crippen molar-refractivity contribution in [2.24, 2.45) is 5.73 Å². The molecule has 0 aromatic heterocycles. The average Bonchev–Trinajstić information content (AvgIpc) is 2.38. The van der Waals surface area contributed by atoms with Crippen LogP contribution < -0.4 is 5.73 Å². The van der Waals surface area contributed by atoms with Gasteiger partial charge in [0, 0.05) is 41.9 Å². The van der Waals surface area contributed by atoms with E-state index in [0.717, 1.165) is 12.8 Å². The minimum atomic E-state index is -0.561. The van der Waals surface area contributed by atoms with Crippen molar-refractivity contribution in [2.75, 3.05) is 13.1 Å². The molecule has 0 radical (unpaired) electrons. The molecule has 0 bridgehead atoms. The van der Waals surface area contributed by atoms with Crippen molar-refractivity contribution in [1.29, 1.82) is 0 Å². The highest BCUT2D eigenvalue weighted by atomic mass is 35.5. The summed E-state index contributed by atoms with van der Waals surface area (Å²) in [6.07, 6.45) is 1.49. The van der Waals surface area contributed by atoms with Gasteiger partial charge in [-0.25, -0.2) is 0 Å². The molecule has 0 aliphatic carbocycles. The van der Waals surface area contributed by atoms with Gasteiger partial charge in [0.25, 0.3) is 11.6 Å². The maximum atomic E-state index is 12.2. The second-order valence-electron chi connectivity index (χ2n) is 4.58. The Balaban J connectivity index is 2.21. The molecule has 0 unspecified atom stereocenters. The van der Waals surface area contributed by atoms with Crippen molar-refractivity contribution in [3.05, 3.63) is 38.9 Å². The van der Waals surface area contributed by atoms with Gasteiger partial charge in [0.2, 0.25) is 0 Å². The Morgan fingerprint density at radius 1 is 1.37 bits per heavy atom. The number of non-ortho nitro benzene ring substituents is 1. The molecular weight excluding hydrogens is 270 g/mol. The van der Waals surface area contributed by atoms with Gasteiger partial charge in [0.1, 0.15) is 0 Å². The van der Waals surface area contributed by atoms with E-state index in [4.69, 9.17) is 17.3 Å². The Bertz CT molecular complexity index is 513. The standard InChI is InChI=1S/C12H14ClN3O3/c13-9-5-8(6-11(7-9)16(18)19)12(17)15-3-1-10(14)2-4-15/h5-7,10H,1-4,14H2. The maximum Gasteiger partial charge on any atom is 0.271 e. The number of nitrogens with two attached hydrogens (primary N) is 1. The van der Waals surface area contributed by atoms with E-state index in [2.05, 4.69) is 0 Å². The zero-order valence-corrected chi connectivity index (χ0v) is 11.0. The van der Waals surface area contributed by atoms with Gasteiger partial charge >= 0.3 is 0 Å². The highest BCUT2D eigenvalue weighted by Crippen LogP contribution is 2.22. The molecule has 7 heteroatoms. The Hall–Kier alpha value is -1.66. The molecule has 0 atom stereocenters. The van der Waals surface area contributed by atoms with E-state index in [-0.39, 0.29) is 28.2 Å². The lowest BCUT2D eigenvalue weighted by Crippen LogP contribution is -2.42. The van der Waals surface area contributed by atoms with Crippen molar-refractivity contribution in [1.82, 2.24) is 4.90 Å². The van der Waals surface area contributed by atoms with Gasteiger partial charge in [-0.15, -0.1) is 0 Å². The molecular formula is C12H14ClN3O3. The number of benzene rings is 1. The highest BCUT2D eigenvalue weighted by Gasteiger charge is 2.23. The average molecular weight is 284 g/mol. The summed E-state index contributed by atoms with van der Waals surface area (Å²) in [4.78, 5) is 24.1. The van der Waals surface area contributed by atoms with Crippen LogP contribution in [0.4, 0.5) is 5.69 Å². The zero-order chi connectivity index (χ0) is 14.0. The molecule has 2 rings (SSSR count). The van der Waals surface area contributed by atoms with Gasteiger partial charge in [-0.2, -0.15) is 0 Å². The molecule has 6 nitrogen and oxygen atoms in total. The van der Waals surface area contributed by atoms with Crippen LogP contribution in [-0.2, 0) is 0 Å². The highest BCUT2D eigenvalue weighted by molar-refractivity contribution is 6.31. The number of amides is 1. The number of carbonyl (C=O) groups excluding carboxylic acids is 1. The van der Waals surface area contributed by atoms with Crippen molar-refractivity contribution >= 4 is 23.2 Å². The molecule has 1 fully saturated rings. The first-order valence-electron chi connectivity index (χ1n) is 5.97. The zero-order valence-electron chi connectivity index (χ0n) is 10.2. The van der Waals surface area contributed by atoms with Crippen LogP contribution in [0.1, 0.15) is 23.2 Å². The van der Waals surface area contributed by atoms with Gasteiger partial charge in [0.05, 0.1) is 4.92 Å². The summed E-state index contributed by atoms with van der Waals surface area (Å²) >= 11 is 5.81. The Morgan fingerprint density at radius 2 is 2.00 bits per heavy atom. The van der Waals surface area contributed by atoms with E-state index >= 15 is 0 Å². The summed E-state index contributed by atoms with van der Waals surface area (Å²) in [6, 6.07) is 4.05. The molecule has 1 aliphatic rings. The third kappa shape index (κ3) is 3.21. The number of halogens is 1. The van der Waals surface area contributed by atoms with Crippen LogP contribution in [0.2, 0.25) is 5.02 Å². The minimum Gasteiger partial charge on any atom is -0.339 e. The SMILES string of the molecule is NC1CCN(C(=O)c2cc(Cl)cc([N+](=O)[O-])c2)CC1. The van der Waals surface area contributed by atoms with Crippen LogP contribution in [0.3, 0.4) is 0 Å². The summed E-state index contributed by atoms with van der Waals surface area (Å²) in [7, 11) is 0. The Labute approximate surface area is 115 Å². The molecule has 0 spiro atoms. The minimum absolute atomic E-state index is 0.123. The molecule has 2 N–H and O–H groups in total. The van der Waals surface area contributed by atoms with E-state index < -0.39 is 4.92 Å². The molecule has 0 saturated carbocycles. The van der Waals surface area contributed by atoms with Crippen molar-refractivity contribution < 1.29 is 9.72 Å². The number of likely N-dealkylation sites (tertiary alicyclic amines) is 1. The van der Waals surface area contributed by atoms with Crippen LogP contribution in [0.25, 0.3) is 0 Å². The van der Waals surface area contributed by atoms with Crippen LogP contribution >= 0.6 is 11.6 Å². The summed E-state index contributed by atoms with van der Waals surface area (Å²) in [5, 5.41) is 10.9. The molecule has 19 heavy (non-hydrogen) atoms. The van der Waals surface area contributed by atoms with Crippen molar-refractivity contribution in [3.63, 3.8) is 0 Å². The van der Waals surface area contributed by atoms with E-state index in [0.29, 0.717) is 13.1 Å². The molecule has 1 amide bonds. The summed E-state index contributed by atoms with van der Waals surface area (Å²) in [5.74, 6) is -0.238. The first kappa shape index (κ1) is 13.8. The lowest BCUT2D eigenvalue weighted by atomic mass is 10.0. The number of hydrogen-bond donors (Lipinski definition) is 1. The summed E-state index contributed by atoms with van der Waals surface area (Å²) in [5.41, 5.74) is 5.84. The normalized spacial score (nSPS) is 16.4. The number of piperidine rings is 1. The second-order valence-corrected chi connectivity index (χ2v) is 5.02. The van der Waals surface area contributed by atoms with Crippen molar-refractivity contribution in [2.45, 2.75) is 18.9 Å². The summed E-state index contributed by atoms with van der Waals surface area (Å²) < 4.78 is 0. The van der Waals surface area contributed by atoms with Crippen LogP contribution in [0, 0.1) is 10.1 Å².